The Morgan fingerprint density at radius 3 is 2.43 bits per heavy atom. The zero-order valence-corrected chi connectivity index (χ0v) is 16.8. The van der Waals surface area contributed by atoms with Gasteiger partial charge in [0, 0.05) is 12.0 Å². The predicted molar refractivity (Wildman–Crippen MR) is 117 cm³/mol. The van der Waals surface area contributed by atoms with Crippen LogP contribution in [0.4, 0.5) is 0 Å². The molecule has 152 valence electrons. The van der Waals surface area contributed by atoms with Crippen LogP contribution < -0.4 is 5.32 Å². The number of carbonyl (C=O) groups is 2. The zero-order chi connectivity index (χ0) is 20.9. The SMILES string of the molecule is O=C(NC(Cc1ccc(O)cc1)C(=O)Cc1cccc2c1CCC2)c1ccccc1. The van der Waals surface area contributed by atoms with Crippen LogP contribution in [0.5, 0.6) is 5.75 Å². The van der Waals surface area contributed by atoms with Gasteiger partial charge in [0.05, 0.1) is 6.04 Å². The fourth-order valence-electron chi connectivity index (χ4n) is 4.12. The summed E-state index contributed by atoms with van der Waals surface area (Å²) in [4.78, 5) is 26.0. The maximum Gasteiger partial charge on any atom is 0.251 e. The number of aryl methyl sites for hydroxylation is 1. The van der Waals surface area contributed by atoms with Crippen molar-refractivity contribution in [2.45, 2.75) is 38.1 Å². The van der Waals surface area contributed by atoms with Crippen molar-refractivity contribution in [2.75, 3.05) is 0 Å². The van der Waals surface area contributed by atoms with E-state index in [0.717, 1.165) is 30.4 Å². The van der Waals surface area contributed by atoms with Crippen molar-refractivity contribution in [3.63, 3.8) is 0 Å². The molecule has 2 N–H and O–H groups in total. The summed E-state index contributed by atoms with van der Waals surface area (Å²) in [6.45, 7) is 0. The number of amides is 1. The number of phenols is 1. The van der Waals surface area contributed by atoms with Gasteiger partial charge in [0.15, 0.2) is 5.78 Å². The number of aromatic hydroxyl groups is 1. The minimum absolute atomic E-state index is 0.00680. The smallest absolute Gasteiger partial charge is 0.251 e. The fourth-order valence-corrected chi connectivity index (χ4v) is 4.12. The van der Waals surface area contributed by atoms with E-state index in [1.54, 1.807) is 48.5 Å². The Morgan fingerprint density at radius 2 is 1.67 bits per heavy atom. The maximum atomic E-state index is 13.3. The van der Waals surface area contributed by atoms with Gasteiger partial charge in [0.25, 0.3) is 5.91 Å². The molecule has 0 fully saturated rings. The van der Waals surface area contributed by atoms with E-state index in [1.165, 1.54) is 11.1 Å². The number of benzene rings is 3. The van der Waals surface area contributed by atoms with Crippen LogP contribution in [0.3, 0.4) is 0 Å². The van der Waals surface area contributed by atoms with Gasteiger partial charge in [-0.25, -0.2) is 0 Å². The van der Waals surface area contributed by atoms with Gasteiger partial charge in [0.1, 0.15) is 5.75 Å². The molecular weight excluding hydrogens is 374 g/mol. The molecular formula is C26H25NO3. The van der Waals surface area contributed by atoms with Gasteiger partial charge in [-0.2, -0.15) is 0 Å². The van der Waals surface area contributed by atoms with Crippen LogP contribution in [0.15, 0.2) is 72.8 Å². The lowest BCUT2D eigenvalue weighted by atomic mass is 9.94. The van der Waals surface area contributed by atoms with E-state index in [9.17, 15) is 14.7 Å². The monoisotopic (exact) mass is 399 g/mol. The van der Waals surface area contributed by atoms with Crippen LogP contribution in [0.1, 0.15) is 39.0 Å². The summed E-state index contributed by atoms with van der Waals surface area (Å²) < 4.78 is 0. The molecule has 3 aromatic carbocycles. The molecule has 1 atom stereocenters. The molecule has 0 spiro atoms. The molecule has 0 aliphatic heterocycles. The minimum atomic E-state index is -0.639. The Labute approximate surface area is 176 Å². The predicted octanol–water partition coefficient (Wildman–Crippen LogP) is 4.03. The summed E-state index contributed by atoms with van der Waals surface area (Å²) in [5, 5.41) is 12.5. The fraction of sp³-hybridized carbons (Fsp3) is 0.231. The number of rotatable bonds is 7. The van der Waals surface area contributed by atoms with Gasteiger partial charge in [0.2, 0.25) is 0 Å². The molecule has 0 heterocycles. The van der Waals surface area contributed by atoms with Gasteiger partial charge in [-0.15, -0.1) is 0 Å². The van der Waals surface area contributed by atoms with E-state index >= 15 is 0 Å². The molecule has 3 aromatic rings. The average molecular weight is 399 g/mol. The van der Waals surface area contributed by atoms with Gasteiger partial charge >= 0.3 is 0 Å². The second-order valence-electron chi connectivity index (χ2n) is 7.81. The number of nitrogens with one attached hydrogen (secondary N) is 1. The van der Waals surface area contributed by atoms with E-state index in [4.69, 9.17) is 0 Å². The van der Waals surface area contributed by atoms with Crippen molar-refractivity contribution in [2.24, 2.45) is 0 Å². The highest BCUT2D eigenvalue weighted by molar-refractivity contribution is 5.98. The van der Waals surface area contributed by atoms with Crippen LogP contribution in [0.2, 0.25) is 0 Å². The number of hydrogen-bond donors (Lipinski definition) is 2. The number of carbonyl (C=O) groups excluding carboxylic acids is 2. The molecule has 1 amide bonds. The van der Waals surface area contributed by atoms with Crippen molar-refractivity contribution in [1.82, 2.24) is 5.32 Å². The van der Waals surface area contributed by atoms with Gasteiger partial charge in [-0.1, -0.05) is 48.5 Å². The molecule has 1 aliphatic carbocycles. The minimum Gasteiger partial charge on any atom is -0.508 e. The summed E-state index contributed by atoms with van der Waals surface area (Å²) in [7, 11) is 0. The van der Waals surface area contributed by atoms with Crippen molar-refractivity contribution >= 4 is 11.7 Å². The lowest BCUT2D eigenvalue weighted by Crippen LogP contribution is -2.43. The molecule has 0 aromatic heterocycles. The molecule has 4 rings (SSSR count). The Balaban J connectivity index is 1.55. The Hall–Kier alpha value is -3.40. The second-order valence-corrected chi connectivity index (χ2v) is 7.81. The van der Waals surface area contributed by atoms with Crippen molar-refractivity contribution in [1.29, 1.82) is 0 Å². The van der Waals surface area contributed by atoms with Gasteiger partial charge in [-0.3, -0.25) is 9.59 Å². The first kappa shape index (κ1) is 19.9. The summed E-state index contributed by atoms with van der Waals surface area (Å²) in [5.41, 5.74) is 5.12. The van der Waals surface area contributed by atoms with Crippen molar-refractivity contribution < 1.29 is 14.7 Å². The lowest BCUT2D eigenvalue weighted by molar-refractivity contribution is -0.120. The van der Waals surface area contributed by atoms with Crippen LogP contribution >= 0.6 is 0 Å². The van der Waals surface area contributed by atoms with Crippen LogP contribution in [-0.4, -0.2) is 22.8 Å². The summed E-state index contributed by atoms with van der Waals surface area (Å²) in [5.74, 6) is -0.0894. The number of phenolic OH excluding ortho intramolecular Hbond substituents is 1. The topological polar surface area (TPSA) is 66.4 Å². The first-order valence-electron chi connectivity index (χ1n) is 10.4. The van der Waals surface area contributed by atoms with Crippen molar-refractivity contribution in [3.05, 3.63) is 101 Å². The van der Waals surface area contributed by atoms with E-state index in [-0.39, 0.29) is 17.4 Å². The third kappa shape index (κ3) is 4.60. The molecule has 1 unspecified atom stereocenters. The number of Topliss-reactive ketones (excluding diaryl/α,β-unsaturated/α-hetero) is 1. The van der Waals surface area contributed by atoms with Crippen LogP contribution in [0.25, 0.3) is 0 Å². The Kier molecular flexibility index (Phi) is 5.94. The van der Waals surface area contributed by atoms with Crippen molar-refractivity contribution in [3.8, 4) is 5.75 Å². The summed E-state index contributed by atoms with van der Waals surface area (Å²) in [6, 6.07) is 21.2. The maximum absolute atomic E-state index is 13.3. The number of fused-ring (bicyclic) bond motifs is 1. The third-order valence-corrected chi connectivity index (χ3v) is 5.71. The number of ketones is 1. The quantitative estimate of drug-likeness (QED) is 0.630. The third-order valence-electron chi connectivity index (χ3n) is 5.71. The van der Waals surface area contributed by atoms with Gasteiger partial charge in [-0.05, 0) is 72.2 Å². The van der Waals surface area contributed by atoms with E-state index in [1.807, 2.05) is 18.2 Å². The zero-order valence-electron chi connectivity index (χ0n) is 16.8. The molecule has 0 bridgehead atoms. The molecule has 1 aliphatic rings. The van der Waals surface area contributed by atoms with E-state index < -0.39 is 6.04 Å². The highest BCUT2D eigenvalue weighted by Crippen LogP contribution is 2.26. The largest absolute Gasteiger partial charge is 0.508 e. The molecule has 0 radical (unpaired) electrons. The standard InChI is InChI=1S/C26H25NO3/c28-22-14-12-18(13-15-22)16-24(27-26(30)20-6-2-1-3-7-20)25(29)17-21-10-4-8-19-9-5-11-23(19)21/h1-4,6-8,10,12-15,24,28H,5,9,11,16-17H2,(H,27,30). The molecule has 0 saturated heterocycles. The first-order valence-corrected chi connectivity index (χ1v) is 10.4. The Bertz CT molecular complexity index is 1040. The molecule has 0 saturated carbocycles. The van der Waals surface area contributed by atoms with Crippen LogP contribution in [-0.2, 0) is 30.5 Å². The molecule has 4 nitrogen and oxygen atoms in total. The van der Waals surface area contributed by atoms with E-state index in [0.29, 0.717) is 18.4 Å². The van der Waals surface area contributed by atoms with E-state index in [2.05, 4.69) is 11.4 Å². The summed E-state index contributed by atoms with van der Waals surface area (Å²) >= 11 is 0. The normalized spacial score (nSPS) is 13.5. The van der Waals surface area contributed by atoms with Crippen LogP contribution in [0, 0.1) is 0 Å². The highest BCUT2D eigenvalue weighted by Gasteiger charge is 2.24. The Morgan fingerprint density at radius 1 is 0.900 bits per heavy atom. The lowest BCUT2D eigenvalue weighted by Gasteiger charge is -2.19. The molecule has 4 heteroatoms. The first-order chi connectivity index (χ1) is 14.6. The second kappa shape index (κ2) is 8.95. The average Bonchev–Trinajstić information content (AvgIpc) is 3.25. The highest BCUT2D eigenvalue weighted by atomic mass is 16.3. The molecule has 30 heavy (non-hydrogen) atoms. The number of hydrogen-bond acceptors (Lipinski definition) is 3. The van der Waals surface area contributed by atoms with Gasteiger partial charge < -0.3 is 10.4 Å². The summed E-state index contributed by atoms with van der Waals surface area (Å²) in [6.07, 6.45) is 3.90.